The highest BCUT2D eigenvalue weighted by Gasteiger charge is 2.24. The first-order chi connectivity index (χ1) is 12.4. The number of hydrogen-bond donors (Lipinski definition) is 1. The Balaban J connectivity index is 1.77. The van der Waals surface area contributed by atoms with Gasteiger partial charge in [-0.1, -0.05) is 19.8 Å². The van der Waals surface area contributed by atoms with Gasteiger partial charge in [0.1, 0.15) is 23.2 Å². The summed E-state index contributed by atoms with van der Waals surface area (Å²) in [4.78, 5) is 2.58. The number of thiophene rings is 1. The second-order valence-electron chi connectivity index (χ2n) is 7.45. The Morgan fingerprint density at radius 1 is 1.15 bits per heavy atom. The predicted molar refractivity (Wildman–Crippen MR) is 109 cm³/mol. The van der Waals surface area contributed by atoms with Crippen LogP contribution in [0.1, 0.15) is 51.8 Å². The largest absolute Gasteiger partial charge is 0.488 e. The first-order valence-electron chi connectivity index (χ1n) is 9.38. The fourth-order valence-electron chi connectivity index (χ4n) is 2.75. The molecule has 4 heteroatoms. The number of fused-ring (bicyclic) bond motifs is 1. The van der Waals surface area contributed by atoms with E-state index in [1.54, 1.807) is 13.8 Å². The van der Waals surface area contributed by atoms with Crippen molar-refractivity contribution in [3.63, 3.8) is 0 Å². The van der Waals surface area contributed by atoms with Crippen LogP contribution in [0.5, 0.6) is 5.75 Å². The molecule has 3 aromatic rings. The molecule has 0 fully saturated rings. The van der Waals surface area contributed by atoms with Crippen LogP contribution >= 0.6 is 11.3 Å². The van der Waals surface area contributed by atoms with Crippen molar-refractivity contribution >= 4 is 22.3 Å². The Bertz CT molecular complexity index is 854. The Morgan fingerprint density at radius 3 is 2.69 bits per heavy atom. The molecule has 1 atom stereocenters. The molecule has 0 saturated carbocycles. The third-order valence-corrected chi connectivity index (χ3v) is 5.89. The van der Waals surface area contributed by atoms with Gasteiger partial charge < -0.3 is 14.3 Å². The van der Waals surface area contributed by atoms with E-state index in [-0.39, 0.29) is 6.10 Å². The molecule has 3 nitrogen and oxygen atoms in total. The van der Waals surface area contributed by atoms with Crippen LogP contribution in [0.15, 0.2) is 40.8 Å². The minimum Gasteiger partial charge on any atom is -0.488 e. The lowest BCUT2D eigenvalue weighted by Gasteiger charge is -2.26. The zero-order valence-corrected chi connectivity index (χ0v) is 16.9. The summed E-state index contributed by atoms with van der Waals surface area (Å²) in [6, 6.07) is 12.3. The summed E-state index contributed by atoms with van der Waals surface area (Å²) >= 11 is 1.81. The maximum atomic E-state index is 10.0. The van der Waals surface area contributed by atoms with Crippen LogP contribution in [0.2, 0.25) is 0 Å². The molecule has 0 saturated heterocycles. The molecule has 2 heterocycles. The molecule has 0 aliphatic carbocycles. The molecule has 0 radical (unpaired) electrons. The van der Waals surface area contributed by atoms with Gasteiger partial charge in [-0.05, 0) is 63.9 Å². The molecule has 0 spiro atoms. The van der Waals surface area contributed by atoms with E-state index in [1.165, 1.54) is 29.0 Å². The second-order valence-corrected chi connectivity index (χ2v) is 8.62. The van der Waals surface area contributed by atoms with Crippen molar-refractivity contribution in [1.29, 1.82) is 0 Å². The molecule has 2 aromatic heterocycles. The zero-order chi connectivity index (χ0) is 18.7. The van der Waals surface area contributed by atoms with Gasteiger partial charge in [0.05, 0.1) is 10.5 Å². The van der Waals surface area contributed by atoms with Crippen molar-refractivity contribution < 1.29 is 14.3 Å². The number of ether oxygens (including phenoxy) is 1. The number of hydrogen-bond acceptors (Lipinski definition) is 4. The van der Waals surface area contributed by atoms with E-state index in [1.807, 2.05) is 36.5 Å². The van der Waals surface area contributed by atoms with E-state index < -0.39 is 5.60 Å². The van der Waals surface area contributed by atoms with Crippen LogP contribution < -0.4 is 4.74 Å². The summed E-state index contributed by atoms with van der Waals surface area (Å²) in [6.07, 6.45) is 4.61. The topological polar surface area (TPSA) is 42.6 Å². The van der Waals surface area contributed by atoms with Crippen molar-refractivity contribution in [3.8, 4) is 16.4 Å². The van der Waals surface area contributed by atoms with Crippen LogP contribution in [0.25, 0.3) is 21.6 Å². The third kappa shape index (κ3) is 4.49. The standard InChI is InChI=1S/C22H28O3S/c1-5-6-7-8-18-11-12-21(26-18)20-13-16-9-10-17(14-19(16)25-20)24-15(2)22(3,4)23/h9-15,23H,5-8H2,1-4H3. The highest BCUT2D eigenvalue weighted by Crippen LogP contribution is 2.35. The fourth-order valence-corrected chi connectivity index (χ4v) is 3.75. The minimum atomic E-state index is -0.894. The maximum Gasteiger partial charge on any atom is 0.145 e. The maximum absolute atomic E-state index is 10.0. The molecule has 0 aliphatic rings. The molecular formula is C22H28O3S. The normalized spacial score (nSPS) is 13.3. The van der Waals surface area contributed by atoms with Gasteiger partial charge >= 0.3 is 0 Å². The van der Waals surface area contributed by atoms with Gasteiger partial charge in [0.15, 0.2) is 0 Å². The lowest BCUT2D eigenvalue weighted by atomic mass is 10.0. The van der Waals surface area contributed by atoms with E-state index in [2.05, 4.69) is 25.1 Å². The van der Waals surface area contributed by atoms with Crippen molar-refractivity contribution in [2.45, 2.75) is 65.1 Å². The van der Waals surface area contributed by atoms with Gasteiger partial charge in [-0.2, -0.15) is 0 Å². The monoisotopic (exact) mass is 372 g/mol. The molecule has 3 rings (SSSR count). The lowest BCUT2D eigenvalue weighted by molar-refractivity contribution is -0.0241. The molecule has 1 aromatic carbocycles. The van der Waals surface area contributed by atoms with Crippen LogP contribution in [-0.4, -0.2) is 16.8 Å². The van der Waals surface area contributed by atoms with Crippen LogP contribution in [0, 0.1) is 0 Å². The van der Waals surface area contributed by atoms with E-state index in [0.29, 0.717) is 5.75 Å². The number of rotatable bonds is 8. The van der Waals surface area contributed by atoms with Gasteiger partial charge in [0.25, 0.3) is 0 Å². The van der Waals surface area contributed by atoms with E-state index in [4.69, 9.17) is 9.15 Å². The molecule has 0 aliphatic heterocycles. The van der Waals surface area contributed by atoms with Crippen LogP contribution in [0.3, 0.4) is 0 Å². The Kier molecular flexibility index (Phi) is 5.73. The highest BCUT2D eigenvalue weighted by molar-refractivity contribution is 7.15. The van der Waals surface area contributed by atoms with Crippen LogP contribution in [0.4, 0.5) is 0 Å². The van der Waals surface area contributed by atoms with Gasteiger partial charge in [-0.15, -0.1) is 11.3 Å². The van der Waals surface area contributed by atoms with Gasteiger partial charge in [-0.3, -0.25) is 0 Å². The van der Waals surface area contributed by atoms with Gasteiger partial charge in [0, 0.05) is 16.3 Å². The first kappa shape index (κ1) is 19.0. The van der Waals surface area contributed by atoms with Crippen molar-refractivity contribution in [3.05, 3.63) is 41.3 Å². The molecule has 0 amide bonds. The summed E-state index contributed by atoms with van der Waals surface area (Å²) in [6.45, 7) is 7.59. The minimum absolute atomic E-state index is 0.308. The number of furan rings is 1. The second kappa shape index (κ2) is 7.85. The third-order valence-electron chi connectivity index (χ3n) is 4.73. The number of aryl methyl sites for hydroxylation is 1. The van der Waals surface area contributed by atoms with E-state index in [0.717, 1.165) is 23.2 Å². The average molecular weight is 373 g/mol. The zero-order valence-electron chi connectivity index (χ0n) is 16.0. The van der Waals surface area contributed by atoms with E-state index >= 15 is 0 Å². The first-order valence-corrected chi connectivity index (χ1v) is 10.2. The molecule has 1 unspecified atom stereocenters. The number of benzene rings is 1. The van der Waals surface area contributed by atoms with Gasteiger partial charge in [-0.25, -0.2) is 0 Å². The average Bonchev–Trinajstić information content (AvgIpc) is 3.20. The smallest absolute Gasteiger partial charge is 0.145 e. The molecule has 26 heavy (non-hydrogen) atoms. The fraction of sp³-hybridized carbons (Fsp3) is 0.455. The Labute approximate surface area is 159 Å². The number of unbranched alkanes of at least 4 members (excludes halogenated alkanes) is 2. The van der Waals surface area contributed by atoms with E-state index in [9.17, 15) is 5.11 Å². The van der Waals surface area contributed by atoms with Crippen molar-refractivity contribution in [2.75, 3.05) is 0 Å². The summed E-state index contributed by atoms with van der Waals surface area (Å²) in [5.41, 5.74) is -0.0876. The SMILES string of the molecule is CCCCCc1ccc(-c2cc3ccc(OC(C)C(C)(C)O)cc3o2)s1. The molecule has 0 bridgehead atoms. The molecule has 1 N–H and O–H groups in total. The highest BCUT2D eigenvalue weighted by atomic mass is 32.1. The summed E-state index contributed by atoms with van der Waals surface area (Å²) in [7, 11) is 0. The summed E-state index contributed by atoms with van der Waals surface area (Å²) < 4.78 is 11.9. The Morgan fingerprint density at radius 2 is 1.96 bits per heavy atom. The molecule has 140 valence electrons. The Hall–Kier alpha value is -1.78. The predicted octanol–water partition coefficient (Wildman–Crippen LogP) is 6.43. The van der Waals surface area contributed by atoms with Crippen molar-refractivity contribution in [1.82, 2.24) is 0 Å². The van der Waals surface area contributed by atoms with Crippen LogP contribution in [-0.2, 0) is 6.42 Å². The number of aliphatic hydroxyl groups is 1. The lowest BCUT2D eigenvalue weighted by Crippen LogP contribution is -2.37. The van der Waals surface area contributed by atoms with Crippen molar-refractivity contribution in [2.24, 2.45) is 0 Å². The van der Waals surface area contributed by atoms with Gasteiger partial charge in [0.2, 0.25) is 0 Å². The summed E-state index contributed by atoms with van der Waals surface area (Å²) in [5, 5.41) is 11.1. The summed E-state index contributed by atoms with van der Waals surface area (Å²) in [5.74, 6) is 1.61. The molecular weight excluding hydrogens is 344 g/mol. The quantitative estimate of drug-likeness (QED) is 0.463.